The van der Waals surface area contributed by atoms with Crippen LogP contribution >= 0.6 is 0 Å². The molecule has 1 aromatic carbocycles. The maximum absolute atomic E-state index is 13.4. The maximum atomic E-state index is 13.4. The number of fused-ring (bicyclic) bond motifs is 1. The van der Waals surface area contributed by atoms with Crippen molar-refractivity contribution in [2.75, 3.05) is 19.7 Å². The van der Waals surface area contributed by atoms with Gasteiger partial charge in [-0.1, -0.05) is 26.2 Å². The smallest absolute Gasteiger partial charge is 0.253 e. The Morgan fingerprint density at radius 3 is 2.79 bits per heavy atom. The highest BCUT2D eigenvalue weighted by Crippen LogP contribution is 2.35. The summed E-state index contributed by atoms with van der Waals surface area (Å²) in [5, 5.41) is 14.0. The highest BCUT2D eigenvalue weighted by molar-refractivity contribution is 5.80. The van der Waals surface area contributed by atoms with Crippen LogP contribution in [0, 0.1) is 5.92 Å². The van der Waals surface area contributed by atoms with E-state index in [0.717, 1.165) is 54.8 Å². The third-order valence-electron chi connectivity index (χ3n) is 7.19. The molecule has 0 radical (unpaired) electrons. The molecule has 33 heavy (non-hydrogen) atoms. The number of tetrazole rings is 1. The zero-order chi connectivity index (χ0) is 22.8. The molecule has 1 N–H and O–H groups in total. The highest BCUT2D eigenvalue weighted by Gasteiger charge is 2.34. The molecule has 8 nitrogen and oxygen atoms in total. The Bertz CT molecular complexity index is 1150. The monoisotopic (exact) mass is 450 g/mol. The number of rotatable bonds is 6. The van der Waals surface area contributed by atoms with E-state index in [1.54, 1.807) is 0 Å². The van der Waals surface area contributed by atoms with Crippen LogP contribution in [0.5, 0.6) is 5.75 Å². The van der Waals surface area contributed by atoms with Gasteiger partial charge < -0.3 is 9.72 Å². The summed E-state index contributed by atoms with van der Waals surface area (Å²) in [6.45, 7) is 6.72. The first-order chi connectivity index (χ1) is 16.1. The summed E-state index contributed by atoms with van der Waals surface area (Å²) < 4.78 is 7.72. The van der Waals surface area contributed by atoms with Gasteiger partial charge in [-0.25, -0.2) is 4.68 Å². The van der Waals surface area contributed by atoms with E-state index in [1.807, 2.05) is 35.9 Å². The van der Waals surface area contributed by atoms with Crippen molar-refractivity contribution < 1.29 is 4.74 Å². The lowest BCUT2D eigenvalue weighted by Crippen LogP contribution is -2.41. The van der Waals surface area contributed by atoms with Crippen LogP contribution in [0.4, 0.5) is 0 Å². The molecule has 3 heterocycles. The average Bonchev–Trinajstić information content (AvgIpc) is 3.30. The summed E-state index contributed by atoms with van der Waals surface area (Å²) in [4.78, 5) is 18.9. The Balaban J connectivity index is 1.62. The molecule has 2 aromatic heterocycles. The summed E-state index contributed by atoms with van der Waals surface area (Å²) in [7, 11) is 0. The minimum absolute atomic E-state index is 0.0759. The van der Waals surface area contributed by atoms with Crippen molar-refractivity contribution in [1.82, 2.24) is 30.1 Å². The first kappa shape index (κ1) is 22.1. The minimum Gasteiger partial charge on any atom is -0.494 e. The zero-order valence-corrected chi connectivity index (χ0v) is 19.7. The number of piperidine rings is 1. The number of aromatic nitrogens is 5. The van der Waals surface area contributed by atoms with Crippen LogP contribution < -0.4 is 10.3 Å². The normalized spacial score (nSPS) is 21.3. The standard InChI is InChI=1S/C25H34N6O2/c1-3-33-20-11-12-22-18(14-20)15-21(25(32)26-22)23(30-13-7-8-17(2)16-30)24-27-28-29-31(24)19-9-5-4-6-10-19/h11-12,14-15,17,19,23H,3-10,13,16H2,1-2H3,(H,26,32)/t17-,23-/m0/s1. The molecule has 5 rings (SSSR count). The fourth-order valence-corrected chi connectivity index (χ4v) is 5.59. The van der Waals surface area contributed by atoms with E-state index in [9.17, 15) is 4.79 Å². The van der Waals surface area contributed by atoms with Crippen LogP contribution in [0.2, 0.25) is 0 Å². The van der Waals surface area contributed by atoms with Gasteiger partial charge in [-0.3, -0.25) is 9.69 Å². The third-order valence-corrected chi connectivity index (χ3v) is 7.19. The zero-order valence-electron chi connectivity index (χ0n) is 19.7. The second kappa shape index (κ2) is 9.63. The van der Waals surface area contributed by atoms with E-state index in [2.05, 4.69) is 32.3 Å². The molecule has 0 amide bonds. The maximum Gasteiger partial charge on any atom is 0.253 e. The molecule has 8 heteroatoms. The van der Waals surface area contributed by atoms with Crippen LogP contribution in [-0.2, 0) is 0 Å². The molecule has 0 unspecified atom stereocenters. The Morgan fingerprint density at radius 2 is 2.00 bits per heavy atom. The van der Waals surface area contributed by atoms with E-state index in [-0.39, 0.29) is 11.6 Å². The van der Waals surface area contributed by atoms with Gasteiger partial charge in [0, 0.05) is 23.0 Å². The molecular weight excluding hydrogens is 416 g/mol. The van der Waals surface area contributed by atoms with Gasteiger partial charge in [-0.2, -0.15) is 0 Å². The van der Waals surface area contributed by atoms with Gasteiger partial charge in [0.25, 0.3) is 5.56 Å². The number of nitrogens with one attached hydrogen (secondary N) is 1. The SMILES string of the molecule is CCOc1ccc2[nH]c(=O)c([C@@H](c3nnnn3C3CCCCC3)N3CCC[C@H](C)C3)cc2c1. The molecule has 1 saturated heterocycles. The van der Waals surface area contributed by atoms with Gasteiger partial charge in [0.1, 0.15) is 11.8 Å². The Morgan fingerprint density at radius 1 is 1.15 bits per heavy atom. The van der Waals surface area contributed by atoms with Crippen LogP contribution in [0.1, 0.15) is 82.3 Å². The summed E-state index contributed by atoms with van der Waals surface area (Å²) in [5.41, 5.74) is 1.44. The van der Waals surface area contributed by atoms with Gasteiger partial charge in [0.05, 0.1) is 12.6 Å². The summed E-state index contributed by atoms with van der Waals surface area (Å²) in [5.74, 6) is 2.17. The Hall–Kier alpha value is -2.74. The molecule has 0 spiro atoms. The summed E-state index contributed by atoms with van der Waals surface area (Å²) in [6, 6.07) is 7.86. The molecule has 2 aliphatic rings. The molecule has 1 aliphatic carbocycles. The van der Waals surface area contributed by atoms with E-state index in [1.165, 1.54) is 25.7 Å². The number of aromatic amines is 1. The molecular formula is C25H34N6O2. The fraction of sp³-hybridized carbons (Fsp3) is 0.600. The molecule has 3 aromatic rings. The van der Waals surface area contributed by atoms with Crippen molar-refractivity contribution in [2.45, 2.75) is 70.9 Å². The van der Waals surface area contributed by atoms with Crippen molar-refractivity contribution in [2.24, 2.45) is 5.92 Å². The second-order valence-electron chi connectivity index (χ2n) is 9.65. The third kappa shape index (κ3) is 4.53. The minimum atomic E-state index is -0.270. The number of nitrogens with zero attached hydrogens (tertiary/aromatic N) is 5. The molecule has 0 bridgehead atoms. The number of hydrogen-bond acceptors (Lipinski definition) is 6. The van der Waals surface area contributed by atoms with Crippen molar-refractivity contribution in [3.63, 3.8) is 0 Å². The first-order valence-corrected chi connectivity index (χ1v) is 12.5. The van der Waals surface area contributed by atoms with Gasteiger partial charge in [-0.05, 0) is 79.8 Å². The summed E-state index contributed by atoms with van der Waals surface area (Å²) in [6.07, 6.45) is 8.18. The number of likely N-dealkylation sites (tertiary alicyclic amines) is 1. The van der Waals surface area contributed by atoms with E-state index in [0.29, 0.717) is 24.1 Å². The number of benzene rings is 1. The predicted octanol–water partition coefficient (Wildman–Crippen LogP) is 4.24. The highest BCUT2D eigenvalue weighted by atomic mass is 16.5. The fourth-order valence-electron chi connectivity index (χ4n) is 5.59. The molecule has 1 aliphatic heterocycles. The van der Waals surface area contributed by atoms with Crippen molar-refractivity contribution in [1.29, 1.82) is 0 Å². The van der Waals surface area contributed by atoms with E-state index >= 15 is 0 Å². The molecule has 2 atom stereocenters. The van der Waals surface area contributed by atoms with Gasteiger partial charge in [0.2, 0.25) is 0 Å². The number of ether oxygens (including phenoxy) is 1. The van der Waals surface area contributed by atoms with Gasteiger partial charge in [0.15, 0.2) is 5.82 Å². The lowest BCUT2D eigenvalue weighted by atomic mass is 9.93. The Kier molecular flexibility index (Phi) is 6.44. The first-order valence-electron chi connectivity index (χ1n) is 12.5. The van der Waals surface area contributed by atoms with Crippen LogP contribution in [-0.4, -0.2) is 49.8 Å². The lowest BCUT2D eigenvalue weighted by molar-refractivity contribution is 0.138. The molecule has 2 fully saturated rings. The Labute approximate surface area is 194 Å². The van der Waals surface area contributed by atoms with Crippen LogP contribution in [0.15, 0.2) is 29.1 Å². The topological polar surface area (TPSA) is 88.9 Å². The quantitative estimate of drug-likeness (QED) is 0.604. The number of H-pyrrole nitrogens is 1. The predicted molar refractivity (Wildman–Crippen MR) is 127 cm³/mol. The average molecular weight is 451 g/mol. The second-order valence-corrected chi connectivity index (χ2v) is 9.65. The lowest BCUT2D eigenvalue weighted by Gasteiger charge is -2.37. The number of pyridine rings is 1. The number of hydrogen-bond donors (Lipinski definition) is 1. The van der Waals surface area contributed by atoms with Gasteiger partial charge >= 0.3 is 0 Å². The van der Waals surface area contributed by atoms with Crippen molar-refractivity contribution in [3.8, 4) is 5.75 Å². The van der Waals surface area contributed by atoms with E-state index < -0.39 is 0 Å². The van der Waals surface area contributed by atoms with Crippen molar-refractivity contribution >= 4 is 10.9 Å². The van der Waals surface area contributed by atoms with Crippen LogP contribution in [0.25, 0.3) is 10.9 Å². The van der Waals surface area contributed by atoms with Crippen molar-refractivity contribution in [3.05, 3.63) is 46.0 Å². The molecule has 176 valence electrons. The summed E-state index contributed by atoms with van der Waals surface area (Å²) >= 11 is 0. The van der Waals surface area contributed by atoms with E-state index in [4.69, 9.17) is 4.74 Å². The largest absolute Gasteiger partial charge is 0.494 e. The molecule has 1 saturated carbocycles. The van der Waals surface area contributed by atoms with Gasteiger partial charge in [-0.15, -0.1) is 5.10 Å². The van der Waals surface area contributed by atoms with Crippen LogP contribution in [0.3, 0.4) is 0 Å².